The Morgan fingerprint density at radius 3 is 3.00 bits per heavy atom. The molecule has 0 unspecified atom stereocenters. The van der Waals surface area contributed by atoms with Crippen LogP contribution in [0.1, 0.15) is 18.0 Å². The van der Waals surface area contributed by atoms with Gasteiger partial charge in [0.2, 0.25) is 0 Å². The van der Waals surface area contributed by atoms with Crippen molar-refractivity contribution in [2.45, 2.75) is 12.5 Å². The molecule has 1 aliphatic heterocycles. The van der Waals surface area contributed by atoms with E-state index in [0.29, 0.717) is 6.04 Å². The molecule has 0 N–H and O–H groups in total. The van der Waals surface area contributed by atoms with Gasteiger partial charge in [0.25, 0.3) is 0 Å². The van der Waals surface area contributed by atoms with Crippen molar-refractivity contribution in [1.82, 2.24) is 14.8 Å². The summed E-state index contributed by atoms with van der Waals surface area (Å²) >= 11 is 0. The van der Waals surface area contributed by atoms with Crippen LogP contribution in [0.15, 0.2) is 29.5 Å². The Kier molecular flexibility index (Phi) is 4.44. The van der Waals surface area contributed by atoms with E-state index in [9.17, 15) is 0 Å². The van der Waals surface area contributed by atoms with E-state index in [-0.39, 0.29) is 0 Å². The summed E-state index contributed by atoms with van der Waals surface area (Å²) in [7, 11) is 6.32. The third-order valence-electron chi connectivity index (χ3n) is 3.34. The number of nitrogens with zero attached hydrogens (tertiary/aromatic N) is 4. The molecule has 1 saturated heterocycles. The lowest BCUT2D eigenvalue weighted by molar-refractivity contribution is 0.345. The molecule has 1 aromatic heterocycles. The Labute approximate surface area is 109 Å². The van der Waals surface area contributed by atoms with Crippen LogP contribution < -0.4 is 0 Å². The molecule has 0 aromatic carbocycles. The molecule has 4 nitrogen and oxygen atoms in total. The molecule has 0 spiro atoms. The van der Waals surface area contributed by atoms with Crippen molar-refractivity contribution in [3.63, 3.8) is 0 Å². The van der Waals surface area contributed by atoms with E-state index in [4.69, 9.17) is 4.99 Å². The highest BCUT2D eigenvalue weighted by Crippen LogP contribution is 2.27. The van der Waals surface area contributed by atoms with Crippen molar-refractivity contribution < 1.29 is 0 Å². The van der Waals surface area contributed by atoms with Crippen LogP contribution in [0.2, 0.25) is 0 Å². The number of hydrogen-bond donors (Lipinski definition) is 0. The van der Waals surface area contributed by atoms with E-state index in [1.54, 1.807) is 0 Å². The molecule has 1 aliphatic rings. The van der Waals surface area contributed by atoms with Crippen LogP contribution in [-0.4, -0.2) is 61.3 Å². The second-order valence-electron chi connectivity index (χ2n) is 5.10. The molecular weight excluding hydrogens is 224 g/mol. The number of aliphatic imine (C=N–C) groups is 1. The molecule has 18 heavy (non-hydrogen) atoms. The van der Waals surface area contributed by atoms with Gasteiger partial charge in [0.1, 0.15) is 0 Å². The first-order chi connectivity index (χ1) is 8.68. The fourth-order valence-corrected chi connectivity index (χ4v) is 2.35. The lowest BCUT2D eigenvalue weighted by atomic mass is 10.1. The van der Waals surface area contributed by atoms with Crippen molar-refractivity contribution >= 4 is 5.71 Å². The van der Waals surface area contributed by atoms with Crippen molar-refractivity contribution in [1.29, 1.82) is 0 Å². The van der Waals surface area contributed by atoms with Gasteiger partial charge in [-0.15, -0.1) is 0 Å². The first kappa shape index (κ1) is 13.2. The molecule has 2 rings (SSSR count). The number of hydrogen-bond acceptors (Lipinski definition) is 4. The molecule has 0 bridgehead atoms. The van der Waals surface area contributed by atoms with Crippen LogP contribution in [0.5, 0.6) is 0 Å². The minimum Gasteiger partial charge on any atom is -0.308 e. The third-order valence-corrected chi connectivity index (χ3v) is 3.34. The van der Waals surface area contributed by atoms with E-state index >= 15 is 0 Å². The van der Waals surface area contributed by atoms with E-state index in [0.717, 1.165) is 26.1 Å². The largest absolute Gasteiger partial charge is 0.308 e. The molecule has 4 heteroatoms. The molecular formula is C14H22N4. The molecule has 1 fully saturated rings. The highest BCUT2D eigenvalue weighted by Gasteiger charge is 2.28. The van der Waals surface area contributed by atoms with Gasteiger partial charge in [0, 0.05) is 37.6 Å². The zero-order valence-corrected chi connectivity index (χ0v) is 11.5. The highest BCUT2D eigenvalue weighted by molar-refractivity contribution is 5.92. The minimum atomic E-state index is 0.320. The van der Waals surface area contributed by atoms with Gasteiger partial charge >= 0.3 is 0 Å². The van der Waals surface area contributed by atoms with E-state index in [1.165, 1.54) is 11.3 Å². The molecule has 0 radical (unpaired) electrons. The molecule has 1 aromatic rings. The second-order valence-corrected chi connectivity index (χ2v) is 5.10. The standard InChI is InChI=1S/C14H22N4/c1-17(2)10-8-16-13-6-9-18(3)14(13)12-5-4-7-15-11-12/h4-5,7,11,14H,6,8-10H2,1-3H3/t14-/m1/s1. The van der Waals surface area contributed by atoms with Crippen LogP contribution in [0.4, 0.5) is 0 Å². The van der Waals surface area contributed by atoms with Gasteiger partial charge < -0.3 is 4.90 Å². The molecule has 0 aliphatic carbocycles. The maximum absolute atomic E-state index is 4.78. The smallest absolute Gasteiger partial charge is 0.0745 e. The summed E-state index contributed by atoms with van der Waals surface area (Å²) < 4.78 is 0. The Balaban J connectivity index is 2.10. The SMILES string of the molecule is CN(C)CCN=C1CCN(C)[C@@H]1c1cccnc1. The van der Waals surface area contributed by atoms with Crippen LogP contribution >= 0.6 is 0 Å². The summed E-state index contributed by atoms with van der Waals surface area (Å²) in [6.07, 6.45) is 4.85. The van der Waals surface area contributed by atoms with Crippen LogP contribution in [-0.2, 0) is 0 Å². The van der Waals surface area contributed by atoms with E-state index in [1.807, 2.05) is 18.5 Å². The summed E-state index contributed by atoms with van der Waals surface area (Å²) in [6, 6.07) is 4.46. The summed E-state index contributed by atoms with van der Waals surface area (Å²) in [5.74, 6) is 0. The number of rotatable bonds is 4. The van der Waals surface area contributed by atoms with Crippen molar-refractivity contribution in [2.75, 3.05) is 40.8 Å². The summed E-state index contributed by atoms with van der Waals surface area (Å²) in [4.78, 5) is 13.5. The number of likely N-dealkylation sites (tertiary alicyclic amines) is 1. The van der Waals surface area contributed by atoms with Gasteiger partial charge in [-0.2, -0.15) is 0 Å². The fraction of sp³-hybridized carbons (Fsp3) is 0.571. The number of aromatic nitrogens is 1. The first-order valence-corrected chi connectivity index (χ1v) is 6.46. The monoisotopic (exact) mass is 246 g/mol. The average Bonchev–Trinajstić information content (AvgIpc) is 2.71. The summed E-state index contributed by atoms with van der Waals surface area (Å²) in [6.45, 7) is 2.97. The Hall–Kier alpha value is -1.26. The predicted molar refractivity (Wildman–Crippen MR) is 75.1 cm³/mol. The maximum Gasteiger partial charge on any atom is 0.0745 e. The Bertz CT molecular complexity index is 400. The summed E-state index contributed by atoms with van der Waals surface area (Å²) in [5.41, 5.74) is 2.55. The van der Waals surface area contributed by atoms with Crippen LogP contribution in [0, 0.1) is 0 Å². The van der Waals surface area contributed by atoms with Gasteiger partial charge in [0.15, 0.2) is 0 Å². The van der Waals surface area contributed by atoms with E-state index < -0.39 is 0 Å². The van der Waals surface area contributed by atoms with Gasteiger partial charge in [-0.25, -0.2) is 0 Å². The second kappa shape index (κ2) is 6.07. The third kappa shape index (κ3) is 3.15. The average molecular weight is 246 g/mol. The molecule has 1 atom stereocenters. The number of pyridine rings is 1. The van der Waals surface area contributed by atoms with Crippen molar-refractivity contribution in [3.8, 4) is 0 Å². The van der Waals surface area contributed by atoms with Gasteiger partial charge in [0.05, 0.1) is 12.6 Å². The zero-order valence-electron chi connectivity index (χ0n) is 11.5. The molecule has 0 saturated carbocycles. The molecule has 98 valence electrons. The van der Waals surface area contributed by atoms with Crippen LogP contribution in [0.25, 0.3) is 0 Å². The summed E-state index contributed by atoms with van der Waals surface area (Å²) in [5, 5.41) is 0. The van der Waals surface area contributed by atoms with Crippen LogP contribution in [0.3, 0.4) is 0 Å². The lowest BCUT2D eigenvalue weighted by Crippen LogP contribution is -2.22. The minimum absolute atomic E-state index is 0.320. The van der Waals surface area contributed by atoms with Gasteiger partial charge in [-0.3, -0.25) is 14.9 Å². The Morgan fingerprint density at radius 1 is 1.50 bits per heavy atom. The van der Waals surface area contributed by atoms with Gasteiger partial charge in [-0.05, 0) is 32.8 Å². The predicted octanol–water partition coefficient (Wildman–Crippen LogP) is 1.46. The van der Waals surface area contributed by atoms with Crippen molar-refractivity contribution in [3.05, 3.63) is 30.1 Å². The quantitative estimate of drug-likeness (QED) is 0.806. The topological polar surface area (TPSA) is 31.7 Å². The lowest BCUT2D eigenvalue weighted by Gasteiger charge is -2.20. The van der Waals surface area contributed by atoms with Gasteiger partial charge in [-0.1, -0.05) is 6.07 Å². The number of likely N-dealkylation sites (N-methyl/N-ethyl adjacent to an activating group) is 1. The first-order valence-electron chi connectivity index (χ1n) is 6.46. The molecule has 2 heterocycles. The highest BCUT2D eigenvalue weighted by atomic mass is 15.2. The fourth-order valence-electron chi connectivity index (χ4n) is 2.35. The zero-order chi connectivity index (χ0) is 13.0. The normalized spacial score (nSPS) is 23.1. The maximum atomic E-state index is 4.78. The van der Waals surface area contributed by atoms with Crippen molar-refractivity contribution in [2.24, 2.45) is 4.99 Å². The molecule has 0 amide bonds. The van der Waals surface area contributed by atoms with E-state index in [2.05, 4.69) is 42.0 Å². The Morgan fingerprint density at radius 2 is 2.33 bits per heavy atom.